The first kappa shape index (κ1) is 23.8. The zero-order chi connectivity index (χ0) is 26.3. The molecule has 1 heterocycles. The topological polar surface area (TPSA) is 175 Å². The van der Waals surface area contributed by atoms with Gasteiger partial charge in [-0.3, -0.25) is 19.3 Å². The number of carbonyl (C=O) groups is 3. The summed E-state index contributed by atoms with van der Waals surface area (Å²) in [5.74, 6) is -6.24. The largest absolute Gasteiger partial charge is 0.510 e. The Morgan fingerprint density at radius 2 is 1.86 bits per heavy atom. The van der Waals surface area contributed by atoms with E-state index in [9.17, 15) is 34.8 Å². The molecule has 2 aromatic rings. The summed E-state index contributed by atoms with van der Waals surface area (Å²) in [6, 6.07) is 3.75. The van der Waals surface area contributed by atoms with E-state index in [2.05, 4.69) is 0 Å². The number of Topliss-reactive ketones (excluding diaryl/α,β-unsaturated/α-hetero) is 2. The highest BCUT2D eigenvalue weighted by molar-refractivity contribution is 6.24. The molecule has 1 aromatic carbocycles. The number of phenolic OH excluding ortho intramolecular Hbond substituents is 1. The predicted molar refractivity (Wildman–Crippen MR) is 126 cm³/mol. The Balaban J connectivity index is 1.74. The average Bonchev–Trinajstić information content (AvgIpc) is 3.21. The fourth-order valence-electron chi connectivity index (χ4n) is 6.11. The summed E-state index contributed by atoms with van der Waals surface area (Å²) < 4.78 is 5.63. The van der Waals surface area contributed by atoms with Crippen molar-refractivity contribution < 1.29 is 39.2 Å². The van der Waals surface area contributed by atoms with Gasteiger partial charge in [-0.25, -0.2) is 0 Å². The number of allylic oxidation sites excluding steroid dienone is 1. The van der Waals surface area contributed by atoms with Crippen LogP contribution in [0.15, 0.2) is 51.5 Å². The van der Waals surface area contributed by atoms with Crippen LogP contribution in [0.4, 0.5) is 0 Å². The second-order valence-electron chi connectivity index (χ2n) is 9.88. The molecule has 0 spiro atoms. The van der Waals surface area contributed by atoms with E-state index in [-0.39, 0.29) is 29.7 Å². The van der Waals surface area contributed by atoms with E-state index < -0.39 is 58.0 Å². The van der Waals surface area contributed by atoms with Crippen molar-refractivity contribution in [2.75, 3.05) is 14.1 Å². The van der Waals surface area contributed by atoms with Crippen LogP contribution in [0, 0.1) is 18.8 Å². The molecule has 188 valence electrons. The zero-order valence-corrected chi connectivity index (χ0v) is 19.9. The van der Waals surface area contributed by atoms with Gasteiger partial charge >= 0.3 is 0 Å². The number of aliphatic hydroxyl groups excluding tert-OH is 2. The number of hydrogen-bond acceptors (Lipinski definition) is 9. The summed E-state index contributed by atoms with van der Waals surface area (Å²) in [6.45, 7) is 1.85. The molecule has 0 unspecified atom stereocenters. The number of hydrogen-bond donors (Lipinski definition) is 5. The van der Waals surface area contributed by atoms with E-state index in [1.54, 1.807) is 26.2 Å². The Hall–Kier alpha value is -3.89. The number of aromatic hydroxyl groups is 1. The molecule has 3 aliphatic rings. The van der Waals surface area contributed by atoms with Crippen molar-refractivity contribution >= 4 is 17.5 Å². The molecule has 10 nitrogen and oxygen atoms in total. The lowest BCUT2D eigenvalue weighted by atomic mass is 9.58. The molecule has 0 radical (unpaired) electrons. The highest BCUT2D eigenvalue weighted by Gasteiger charge is 2.63. The minimum absolute atomic E-state index is 0.0258. The van der Waals surface area contributed by atoms with E-state index in [0.717, 1.165) is 5.56 Å². The first-order valence-electron chi connectivity index (χ1n) is 11.4. The number of aliphatic hydroxyl groups is 3. The third kappa shape index (κ3) is 2.94. The van der Waals surface area contributed by atoms with Crippen LogP contribution in [-0.2, 0) is 16.0 Å². The Labute approximate surface area is 205 Å². The van der Waals surface area contributed by atoms with Gasteiger partial charge in [0.15, 0.2) is 11.4 Å². The molecule has 10 heteroatoms. The monoisotopic (exact) mass is 494 g/mol. The fourth-order valence-corrected chi connectivity index (χ4v) is 6.11. The summed E-state index contributed by atoms with van der Waals surface area (Å²) in [6.07, 6.45) is 1.74. The summed E-state index contributed by atoms with van der Waals surface area (Å²) >= 11 is 0. The molecule has 1 amide bonds. The van der Waals surface area contributed by atoms with Crippen molar-refractivity contribution in [1.82, 2.24) is 4.90 Å². The molecule has 0 bridgehead atoms. The van der Waals surface area contributed by atoms with E-state index in [0.29, 0.717) is 16.9 Å². The second kappa shape index (κ2) is 7.81. The second-order valence-corrected chi connectivity index (χ2v) is 9.88. The molecule has 0 aliphatic heterocycles. The predicted octanol–water partition coefficient (Wildman–Crippen LogP) is 1.69. The Bertz CT molecular complexity index is 1410. The van der Waals surface area contributed by atoms with Gasteiger partial charge in [-0.15, -0.1) is 0 Å². The molecule has 1 aromatic heterocycles. The van der Waals surface area contributed by atoms with Crippen molar-refractivity contribution in [3.63, 3.8) is 0 Å². The van der Waals surface area contributed by atoms with E-state index in [1.807, 2.05) is 6.92 Å². The molecule has 0 saturated carbocycles. The number of ketones is 2. The van der Waals surface area contributed by atoms with Crippen LogP contribution < -0.4 is 5.73 Å². The lowest BCUT2D eigenvalue weighted by Gasteiger charge is -2.50. The number of aryl methyl sites for hydroxylation is 1. The molecule has 6 N–H and O–H groups in total. The summed E-state index contributed by atoms with van der Waals surface area (Å²) in [5, 5.41) is 44.4. The maximum Gasteiger partial charge on any atom is 0.255 e. The van der Waals surface area contributed by atoms with Crippen LogP contribution in [0.2, 0.25) is 0 Å². The number of furan rings is 1. The van der Waals surface area contributed by atoms with Gasteiger partial charge in [0.05, 0.1) is 17.9 Å². The van der Waals surface area contributed by atoms with Crippen molar-refractivity contribution in [3.05, 3.63) is 63.8 Å². The highest BCUT2D eigenvalue weighted by Crippen LogP contribution is 2.53. The van der Waals surface area contributed by atoms with Gasteiger partial charge in [-0.1, -0.05) is 0 Å². The Morgan fingerprint density at radius 3 is 2.44 bits per heavy atom. The van der Waals surface area contributed by atoms with Gasteiger partial charge in [0.1, 0.15) is 28.6 Å². The maximum atomic E-state index is 13.7. The van der Waals surface area contributed by atoms with Crippen molar-refractivity contribution in [3.8, 4) is 17.1 Å². The minimum Gasteiger partial charge on any atom is -0.510 e. The van der Waals surface area contributed by atoms with Gasteiger partial charge in [-0.2, -0.15) is 0 Å². The molecule has 3 aliphatic carbocycles. The van der Waals surface area contributed by atoms with Crippen molar-refractivity contribution in [2.45, 2.75) is 31.4 Å². The van der Waals surface area contributed by atoms with Crippen LogP contribution in [0.5, 0.6) is 5.75 Å². The lowest BCUT2D eigenvalue weighted by molar-refractivity contribution is -0.148. The summed E-state index contributed by atoms with van der Waals surface area (Å²) in [5.41, 5.74) is 3.57. The smallest absolute Gasteiger partial charge is 0.255 e. The van der Waals surface area contributed by atoms with E-state index in [4.69, 9.17) is 10.2 Å². The van der Waals surface area contributed by atoms with E-state index >= 15 is 0 Å². The summed E-state index contributed by atoms with van der Waals surface area (Å²) in [7, 11) is 3.17. The number of primary amides is 1. The number of rotatable bonds is 3. The lowest BCUT2D eigenvalue weighted by Crippen LogP contribution is -2.63. The van der Waals surface area contributed by atoms with Crippen molar-refractivity contribution in [2.24, 2.45) is 17.6 Å². The van der Waals surface area contributed by atoms with Gasteiger partial charge in [0.25, 0.3) is 5.91 Å². The summed E-state index contributed by atoms with van der Waals surface area (Å²) in [4.78, 5) is 40.6. The van der Waals surface area contributed by atoms with Gasteiger partial charge in [0.2, 0.25) is 5.78 Å². The van der Waals surface area contributed by atoms with Crippen molar-refractivity contribution in [1.29, 1.82) is 0 Å². The first-order valence-corrected chi connectivity index (χ1v) is 11.4. The fraction of sp³-hybridized carbons (Fsp3) is 0.346. The number of phenols is 1. The third-order valence-electron chi connectivity index (χ3n) is 7.71. The molecule has 0 fully saturated rings. The molecular weight excluding hydrogens is 468 g/mol. The third-order valence-corrected chi connectivity index (χ3v) is 7.71. The molecule has 36 heavy (non-hydrogen) atoms. The number of carbonyl (C=O) groups excluding carboxylic acids is 3. The van der Waals surface area contributed by atoms with E-state index in [1.165, 1.54) is 17.2 Å². The SMILES string of the molecule is Cc1ccoc1-c1ccc(O)c2c1C[C@H]1C[C@H]3[C@H](N(C)C)C(O)=C(C(N)=O)C(=O)[C@@]3(O)C(O)=C1C2=O. The molecular formula is C26H26N2O8. The molecule has 4 atom stereocenters. The van der Waals surface area contributed by atoms with Gasteiger partial charge in [-0.05, 0) is 69.1 Å². The highest BCUT2D eigenvalue weighted by atomic mass is 16.3. The number of fused-ring (bicyclic) bond motifs is 3. The standard InChI is InChI=1S/C26H26N2O8/c1-10-6-7-36-22(10)12-4-5-15(29)17-13(12)8-11-9-14-19(28(2)3)21(31)18(25(27)34)24(33)26(14,35)23(32)16(11)20(17)30/h4-7,11,14,19,29,31-32,35H,8-9H2,1-3H3,(H2,27,34)/t11-,14-,19-,26-/m0/s1. The normalized spacial score (nSPS) is 27.8. The Morgan fingerprint density at radius 1 is 1.17 bits per heavy atom. The van der Waals surface area contributed by atoms with Crippen LogP contribution in [0.25, 0.3) is 11.3 Å². The maximum absolute atomic E-state index is 13.7. The average molecular weight is 495 g/mol. The number of likely N-dealkylation sites (N-methyl/N-ethyl adjacent to an activating group) is 1. The quantitative estimate of drug-likeness (QED) is 0.398. The molecule has 5 rings (SSSR count). The number of nitrogens with two attached hydrogens (primary N) is 1. The van der Waals surface area contributed by atoms with Gasteiger partial charge in [0, 0.05) is 17.1 Å². The van der Waals surface area contributed by atoms with Crippen LogP contribution in [0.1, 0.15) is 27.9 Å². The number of amides is 1. The Kier molecular flexibility index (Phi) is 5.17. The number of nitrogens with zero attached hydrogens (tertiary/aromatic N) is 1. The zero-order valence-electron chi connectivity index (χ0n) is 19.9. The minimum atomic E-state index is -2.66. The van der Waals surface area contributed by atoms with Crippen LogP contribution in [-0.4, -0.2) is 68.5 Å². The number of benzene rings is 1. The van der Waals surface area contributed by atoms with Crippen LogP contribution in [0.3, 0.4) is 0 Å². The van der Waals surface area contributed by atoms with Crippen LogP contribution >= 0.6 is 0 Å². The molecule has 0 saturated heterocycles. The van der Waals surface area contributed by atoms with Gasteiger partial charge < -0.3 is 30.6 Å². The first-order chi connectivity index (χ1) is 16.9.